The number of benzene rings is 1. The van der Waals surface area contributed by atoms with Crippen LogP contribution in [0.25, 0.3) is 10.9 Å². The number of para-hydroxylation sites is 1. The Morgan fingerprint density at radius 1 is 1.05 bits per heavy atom. The van der Waals surface area contributed by atoms with Gasteiger partial charge in [-0.25, -0.2) is 0 Å². The first-order valence-electron chi connectivity index (χ1n) is 7.30. The van der Waals surface area contributed by atoms with E-state index in [9.17, 15) is 0 Å². The normalized spacial score (nSPS) is 12.5. The summed E-state index contributed by atoms with van der Waals surface area (Å²) in [6, 6.07) is 16.6. The number of pyridine rings is 2. The molecule has 1 aromatic carbocycles. The third-order valence-corrected chi connectivity index (χ3v) is 3.59. The van der Waals surface area contributed by atoms with Gasteiger partial charge < -0.3 is 5.32 Å². The maximum atomic E-state index is 4.69. The van der Waals surface area contributed by atoms with Gasteiger partial charge in [-0.15, -0.1) is 0 Å². The number of fused-ring (bicyclic) bond motifs is 1. The lowest BCUT2D eigenvalue weighted by Gasteiger charge is -2.19. The maximum Gasteiger partial charge on any atom is 0.0772 e. The Morgan fingerprint density at radius 3 is 2.67 bits per heavy atom. The highest BCUT2D eigenvalue weighted by Gasteiger charge is 2.17. The summed E-state index contributed by atoms with van der Waals surface area (Å²) < 4.78 is 0. The van der Waals surface area contributed by atoms with Crippen LogP contribution in [0.5, 0.6) is 0 Å². The summed E-state index contributed by atoms with van der Waals surface area (Å²) in [5.74, 6) is 0. The van der Waals surface area contributed by atoms with Crippen molar-refractivity contribution in [2.75, 3.05) is 6.54 Å². The molecule has 3 rings (SSSR count). The van der Waals surface area contributed by atoms with Crippen molar-refractivity contribution >= 4 is 10.9 Å². The van der Waals surface area contributed by atoms with Crippen molar-refractivity contribution < 1.29 is 0 Å². The molecule has 1 unspecified atom stereocenters. The molecule has 3 nitrogen and oxygen atoms in total. The molecule has 0 saturated carbocycles. The SMILES string of the molecule is CCNC(c1cccc(C)n1)c1cccc2cccnc12. The Balaban J connectivity index is 2.16. The molecule has 1 N–H and O–H groups in total. The lowest BCUT2D eigenvalue weighted by Crippen LogP contribution is -2.23. The molecule has 0 bridgehead atoms. The van der Waals surface area contributed by atoms with Crippen LogP contribution < -0.4 is 5.32 Å². The fraction of sp³-hybridized carbons (Fsp3) is 0.222. The molecule has 3 aromatic rings. The van der Waals surface area contributed by atoms with E-state index in [1.54, 1.807) is 0 Å². The third-order valence-electron chi connectivity index (χ3n) is 3.59. The Labute approximate surface area is 125 Å². The predicted octanol–water partition coefficient (Wildman–Crippen LogP) is 3.64. The fourth-order valence-electron chi connectivity index (χ4n) is 2.66. The highest BCUT2D eigenvalue weighted by atomic mass is 14.9. The lowest BCUT2D eigenvalue weighted by molar-refractivity contribution is 0.617. The Kier molecular flexibility index (Phi) is 3.93. The quantitative estimate of drug-likeness (QED) is 0.791. The van der Waals surface area contributed by atoms with Crippen molar-refractivity contribution in [1.82, 2.24) is 15.3 Å². The van der Waals surface area contributed by atoms with E-state index in [4.69, 9.17) is 0 Å². The summed E-state index contributed by atoms with van der Waals surface area (Å²) in [5.41, 5.74) is 4.28. The number of rotatable bonds is 4. The van der Waals surface area contributed by atoms with Gasteiger partial charge in [0.25, 0.3) is 0 Å². The average molecular weight is 277 g/mol. The second kappa shape index (κ2) is 6.02. The Hall–Kier alpha value is -2.26. The van der Waals surface area contributed by atoms with Crippen LogP contribution in [0.2, 0.25) is 0 Å². The van der Waals surface area contributed by atoms with Crippen LogP contribution in [0.3, 0.4) is 0 Å². The molecule has 2 aromatic heterocycles. The van der Waals surface area contributed by atoms with Crippen LogP contribution in [0.1, 0.15) is 29.9 Å². The van der Waals surface area contributed by atoms with Gasteiger partial charge in [-0.05, 0) is 31.7 Å². The van der Waals surface area contributed by atoms with Gasteiger partial charge in [-0.1, -0.05) is 37.3 Å². The number of aromatic nitrogens is 2. The van der Waals surface area contributed by atoms with Gasteiger partial charge in [-0.3, -0.25) is 9.97 Å². The molecule has 0 fully saturated rings. The summed E-state index contributed by atoms with van der Waals surface area (Å²) in [4.78, 5) is 9.25. The van der Waals surface area contributed by atoms with Gasteiger partial charge in [0.05, 0.1) is 17.3 Å². The van der Waals surface area contributed by atoms with E-state index in [1.165, 1.54) is 5.56 Å². The van der Waals surface area contributed by atoms with Crippen molar-refractivity contribution in [3.8, 4) is 0 Å². The molecule has 0 amide bonds. The van der Waals surface area contributed by atoms with Gasteiger partial charge in [-0.2, -0.15) is 0 Å². The monoisotopic (exact) mass is 277 g/mol. The highest BCUT2D eigenvalue weighted by Crippen LogP contribution is 2.26. The van der Waals surface area contributed by atoms with E-state index in [0.717, 1.165) is 28.8 Å². The van der Waals surface area contributed by atoms with Crippen LogP contribution in [0.15, 0.2) is 54.7 Å². The topological polar surface area (TPSA) is 37.8 Å². The van der Waals surface area contributed by atoms with Gasteiger partial charge in [0.1, 0.15) is 0 Å². The van der Waals surface area contributed by atoms with Crippen LogP contribution in [0, 0.1) is 6.92 Å². The lowest BCUT2D eigenvalue weighted by atomic mass is 9.99. The third kappa shape index (κ3) is 2.78. The summed E-state index contributed by atoms with van der Waals surface area (Å²) in [6.07, 6.45) is 1.85. The standard InChI is InChI=1S/C18H19N3/c1-3-19-18(16-11-4-7-13(2)21-16)15-10-5-8-14-9-6-12-20-17(14)15/h4-12,18-19H,3H2,1-2H3. The fourth-order valence-corrected chi connectivity index (χ4v) is 2.66. The number of hydrogen-bond donors (Lipinski definition) is 1. The first kappa shape index (κ1) is 13.7. The largest absolute Gasteiger partial charge is 0.305 e. The van der Waals surface area contributed by atoms with E-state index in [1.807, 2.05) is 25.3 Å². The maximum absolute atomic E-state index is 4.69. The summed E-state index contributed by atoms with van der Waals surface area (Å²) >= 11 is 0. The zero-order valence-corrected chi connectivity index (χ0v) is 12.4. The van der Waals surface area contributed by atoms with Crippen LogP contribution in [-0.4, -0.2) is 16.5 Å². The molecule has 0 spiro atoms. The number of nitrogens with zero attached hydrogens (tertiary/aromatic N) is 2. The Bertz CT molecular complexity index is 747. The zero-order chi connectivity index (χ0) is 14.7. The molecule has 0 radical (unpaired) electrons. The van der Waals surface area contributed by atoms with Crippen LogP contribution in [-0.2, 0) is 0 Å². The summed E-state index contributed by atoms with van der Waals surface area (Å²) in [6.45, 7) is 5.01. The molecule has 3 heteroatoms. The van der Waals surface area contributed by atoms with E-state index in [2.05, 4.69) is 58.6 Å². The van der Waals surface area contributed by atoms with Gasteiger partial charge >= 0.3 is 0 Å². The molecule has 0 saturated heterocycles. The van der Waals surface area contributed by atoms with E-state index < -0.39 is 0 Å². The van der Waals surface area contributed by atoms with Crippen molar-refractivity contribution in [3.05, 3.63) is 71.7 Å². The smallest absolute Gasteiger partial charge is 0.0772 e. The molecule has 21 heavy (non-hydrogen) atoms. The van der Waals surface area contributed by atoms with Crippen LogP contribution >= 0.6 is 0 Å². The number of hydrogen-bond acceptors (Lipinski definition) is 3. The van der Waals surface area contributed by atoms with Crippen molar-refractivity contribution in [2.45, 2.75) is 19.9 Å². The minimum Gasteiger partial charge on any atom is -0.305 e. The molecule has 0 aliphatic heterocycles. The number of aryl methyl sites for hydroxylation is 1. The van der Waals surface area contributed by atoms with Crippen LogP contribution in [0.4, 0.5) is 0 Å². The van der Waals surface area contributed by atoms with E-state index >= 15 is 0 Å². The first-order valence-corrected chi connectivity index (χ1v) is 7.30. The van der Waals surface area contributed by atoms with Gasteiger partial charge in [0.2, 0.25) is 0 Å². The van der Waals surface area contributed by atoms with Crippen molar-refractivity contribution in [1.29, 1.82) is 0 Å². The minimum atomic E-state index is 0.0634. The van der Waals surface area contributed by atoms with Crippen molar-refractivity contribution in [3.63, 3.8) is 0 Å². The minimum absolute atomic E-state index is 0.0634. The molecule has 0 aliphatic rings. The molecule has 106 valence electrons. The summed E-state index contributed by atoms with van der Waals surface area (Å²) in [7, 11) is 0. The van der Waals surface area contributed by atoms with Crippen molar-refractivity contribution in [2.24, 2.45) is 0 Å². The molecule has 0 aliphatic carbocycles. The predicted molar refractivity (Wildman–Crippen MR) is 86.2 cm³/mol. The molecular weight excluding hydrogens is 258 g/mol. The molecular formula is C18H19N3. The second-order valence-electron chi connectivity index (χ2n) is 5.12. The number of nitrogens with one attached hydrogen (secondary N) is 1. The molecule has 1 atom stereocenters. The summed E-state index contributed by atoms with van der Waals surface area (Å²) in [5, 5.41) is 4.69. The molecule has 2 heterocycles. The van der Waals surface area contributed by atoms with Gasteiger partial charge in [0, 0.05) is 22.8 Å². The second-order valence-corrected chi connectivity index (χ2v) is 5.12. The first-order chi connectivity index (χ1) is 10.3. The highest BCUT2D eigenvalue weighted by molar-refractivity contribution is 5.82. The van der Waals surface area contributed by atoms with Gasteiger partial charge in [0.15, 0.2) is 0 Å². The van der Waals surface area contributed by atoms with E-state index in [-0.39, 0.29) is 6.04 Å². The zero-order valence-electron chi connectivity index (χ0n) is 12.4. The Morgan fingerprint density at radius 2 is 1.86 bits per heavy atom. The average Bonchev–Trinajstić information content (AvgIpc) is 2.52. The van der Waals surface area contributed by atoms with E-state index in [0.29, 0.717) is 0 Å².